The topological polar surface area (TPSA) is 70.7 Å². The average molecular weight is 388 g/mol. The van der Waals surface area contributed by atoms with Gasteiger partial charge in [-0.2, -0.15) is 0 Å². The van der Waals surface area contributed by atoms with Gasteiger partial charge in [-0.3, -0.25) is 9.59 Å². The van der Waals surface area contributed by atoms with Gasteiger partial charge in [-0.15, -0.1) is 0 Å². The Hall–Kier alpha value is -1.92. The monoisotopic (exact) mass is 387 g/mol. The zero-order valence-electron chi connectivity index (χ0n) is 16.7. The number of hydrogen-bond donors (Lipinski definition) is 2. The summed E-state index contributed by atoms with van der Waals surface area (Å²) in [6, 6.07) is 10.1. The van der Waals surface area contributed by atoms with Crippen molar-refractivity contribution < 1.29 is 14.3 Å². The molecule has 0 radical (unpaired) electrons. The van der Waals surface area contributed by atoms with E-state index in [2.05, 4.69) is 22.8 Å². The van der Waals surface area contributed by atoms with Crippen LogP contribution in [0.5, 0.6) is 0 Å². The van der Waals surface area contributed by atoms with Crippen molar-refractivity contribution in [2.45, 2.75) is 44.6 Å². The Morgan fingerprint density at radius 2 is 1.75 bits per heavy atom. The number of carbonyl (C=O) groups is 2. The number of benzene rings is 1. The molecule has 0 aliphatic carbocycles. The predicted octanol–water partition coefficient (Wildman–Crippen LogP) is 2.26. The molecule has 1 aromatic carbocycles. The lowest BCUT2D eigenvalue weighted by Gasteiger charge is -2.29. The molecule has 1 atom stereocenters. The fourth-order valence-corrected chi connectivity index (χ4v) is 3.99. The Labute approximate surface area is 168 Å². The van der Waals surface area contributed by atoms with E-state index in [0.717, 1.165) is 57.3 Å². The third-order valence-corrected chi connectivity index (χ3v) is 5.65. The van der Waals surface area contributed by atoms with Crippen LogP contribution in [-0.2, 0) is 14.3 Å². The maximum atomic E-state index is 13.0. The molecule has 28 heavy (non-hydrogen) atoms. The second-order valence-electron chi connectivity index (χ2n) is 7.74. The third-order valence-electron chi connectivity index (χ3n) is 5.65. The van der Waals surface area contributed by atoms with E-state index in [1.54, 1.807) is 0 Å². The number of carbonyl (C=O) groups excluding carboxylic acids is 2. The van der Waals surface area contributed by atoms with Gasteiger partial charge >= 0.3 is 0 Å². The highest BCUT2D eigenvalue weighted by Crippen LogP contribution is 2.19. The second-order valence-corrected chi connectivity index (χ2v) is 7.74. The summed E-state index contributed by atoms with van der Waals surface area (Å²) < 4.78 is 5.41. The lowest BCUT2D eigenvalue weighted by molar-refractivity contribution is -0.138. The molecule has 1 unspecified atom stereocenters. The van der Waals surface area contributed by atoms with E-state index in [0.29, 0.717) is 26.2 Å². The lowest BCUT2D eigenvalue weighted by atomic mass is 9.98. The van der Waals surface area contributed by atoms with Gasteiger partial charge in [0.15, 0.2) is 0 Å². The van der Waals surface area contributed by atoms with Gasteiger partial charge in [-0.05, 0) is 44.2 Å². The molecule has 0 saturated carbocycles. The molecule has 3 rings (SSSR count). The van der Waals surface area contributed by atoms with Gasteiger partial charge in [0.25, 0.3) is 0 Å². The van der Waals surface area contributed by atoms with Crippen molar-refractivity contribution in [2.24, 2.45) is 5.92 Å². The van der Waals surface area contributed by atoms with Crippen molar-refractivity contribution in [3.63, 3.8) is 0 Å². The first-order chi connectivity index (χ1) is 13.7. The highest BCUT2D eigenvalue weighted by atomic mass is 16.5. The van der Waals surface area contributed by atoms with E-state index < -0.39 is 0 Å². The van der Waals surface area contributed by atoms with Gasteiger partial charge in [0, 0.05) is 51.2 Å². The highest BCUT2D eigenvalue weighted by Gasteiger charge is 2.26. The molecule has 2 aliphatic rings. The first-order valence-electron chi connectivity index (χ1n) is 10.7. The molecule has 0 bridgehead atoms. The minimum Gasteiger partial charge on any atom is -0.381 e. The van der Waals surface area contributed by atoms with E-state index >= 15 is 0 Å². The van der Waals surface area contributed by atoms with Gasteiger partial charge in [0.2, 0.25) is 11.8 Å². The molecule has 2 aliphatic heterocycles. The average Bonchev–Trinajstić information content (AvgIpc) is 2.76. The van der Waals surface area contributed by atoms with E-state index in [9.17, 15) is 9.59 Å². The van der Waals surface area contributed by atoms with Crippen LogP contribution in [-0.4, -0.2) is 56.1 Å². The standard InChI is InChI=1S/C22H33N3O3/c26-21-17-20(18-7-2-1-3-8-18)23-12-6-14-25(13-5-4-11-24-21)22(27)19-9-15-28-16-10-19/h1-3,7-8,19-20,23H,4-6,9-17H2,(H,24,26). The van der Waals surface area contributed by atoms with Crippen molar-refractivity contribution >= 4 is 11.8 Å². The second kappa shape index (κ2) is 11.2. The first kappa shape index (κ1) is 20.8. The summed E-state index contributed by atoms with van der Waals surface area (Å²) in [5, 5.41) is 6.55. The summed E-state index contributed by atoms with van der Waals surface area (Å²) in [5.74, 6) is 0.465. The number of hydrogen-bond acceptors (Lipinski definition) is 4. The molecule has 154 valence electrons. The summed E-state index contributed by atoms with van der Waals surface area (Å²) in [5.41, 5.74) is 1.13. The number of ether oxygens (including phenoxy) is 1. The molecule has 2 N–H and O–H groups in total. The minimum atomic E-state index is 0.00148. The Morgan fingerprint density at radius 3 is 2.54 bits per heavy atom. The first-order valence-corrected chi connectivity index (χ1v) is 10.7. The maximum absolute atomic E-state index is 13.0. The molecular weight excluding hydrogens is 354 g/mol. The summed E-state index contributed by atoms with van der Waals surface area (Å²) >= 11 is 0. The molecule has 6 nitrogen and oxygen atoms in total. The van der Waals surface area contributed by atoms with Crippen LogP contribution in [0.4, 0.5) is 0 Å². The summed E-state index contributed by atoms with van der Waals surface area (Å²) in [6.07, 6.45) is 4.81. The molecule has 2 saturated heterocycles. The molecule has 0 aromatic heterocycles. The van der Waals surface area contributed by atoms with E-state index in [1.165, 1.54) is 0 Å². The highest BCUT2D eigenvalue weighted by molar-refractivity contribution is 5.79. The normalized spacial score (nSPS) is 23.8. The quantitative estimate of drug-likeness (QED) is 0.817. The fourth-order valence-electron chi connectivity index (χ4n) is 3.99. The van der Waals surface area contributed by atoms with Crippen molar-refractivity contribution in [1.82, 2.24) is 15.5 Å². The zero-order chi connectivity index (χ0) is 19.6. The van der Waals surface area contributed by atoms with Crippen molar-refractivity contribution in [3.8, 4) is 0 Å². The van der Waals surface area contributed by atoms with Gasteiger partial charge in [-0.1, -0.05) is 30.3 Å². The van der Waals surface area contributed by atoms with Gasteiger partial charge in [0.1, 0.15) is 0 Å². The van der Waals surface area contributed by atoms with Gasteiger partial charge < -0.3 is 20.3 Å². The molecule has 2 amide bonds. The molecule has 2 fully saturated rings. The van der Waals surface area contributed by atoms with Gasteiger partial charge in [-0.25, -0.2) is 0 Å². The summed E-state index contributed by atoms with van der Waals surface area (Å²) in [7, 11) is 0. The fraction of sp³-hybridized carbons (Fsp3) is 0.636. The van der Waals surface area contributed by atoms with E-state index in [4.69, 9.17) is 4.74 Å². The number of nitrogens with zero attached hydrogens (tertiary/aromatic N) is 1. The summed E-state index contributed by atoms with van der Waals surface area (Å²) in [4.78, 5) is 27.3. The molecule has 0 spiro atoms. The van der Waals surface area contributed by atoms with E-state index in [1.807, 2.05) is 23.1 Å². The van der Waals surface area contributed by atoms with E-state index in [-0.39, 0.29) is 23.8 Å². The minimum absolute atomic E-state index is 0.00148. The van der Waals surface area contributed by atoms with Crippen LogP contribution in [0.1, 0.15) is 50.1 Å². The number of rotatable bonds is 2. The van der Waals surface area contributed by atoms with Crippen molar-refractivity contribution in [2.75, 3.05) is 39.4 Å². The smallest absolute Gasteiger partial charge is 0.225 e. The maximum Gasteiger partial charge on any atom is 0.225 e. The van der Waals surface area contributed by atoms with Crippen LogP contribution < -0.4 is 10.6 Å². The number of amides is 2. The lowest BCUT2D eigenvalue weighted by Crippen LogP contribution is -2.40. The van der Waals surface area contributed by atoms with Crippen LogP contribution in [0.25, 0.3) is 0 Å². The van der Waals surface area contributed by atoms with Crippen LogP contribution in [0.3, 0.4) is 0 Å². The molecule has 6 heteroatoms. The van der Waals surface area contributed by atoms with Gasteiger partial charge in [0.05, 0.1) is 0 Å². The summed E-state index contributed by atoms with van der Waals surface area (Å²) in [6.45, 7) is 4.37. The van der Waals surface area contributed by atoms with Crippen LogP contribution in [0, 0.1) is 5.92 Å². The number of nitrogens with one attached hydrogen (secondary N) is 2. The van der Waals surface area contributed by atoms with Crippen LogP contribution in [0.2, 0.25) is 0 Å². The Bertz CT molecular complexity index is 617. The molecular formula is C22H33N3O3. The largest absolute Gasteiger partial charge is 0.381 e. The van der Waals surface area contributed by atoms with Crippen molar-refractivity contribution in [3.05, 3.63) is 35.9 Å². The predicted molar refractivity (Wildman–Crippen MR) is 109 cm³/mol. The Morgan fingerprint density at radius 1 is 1.00 bits per heavy atom. The third kappa shape index (κ3) is 6.31. The Balaban J connectivity index is 1.61. The van der Waals surface area contributed by atoms with Crippen LogP contribution in [0.15, 0.2) is 30.3 Å². The SMILES string of the molecule is O=C1CC(c2ccccc2)NCCCN(C(=O)C2CCOCC2)CCCCN1. The molecule has 1 aromatic rings. The Kier molecular flexibility index (Phi) is 8.30. The zero-order valence-corrected chi connectivity index (χ0v) is 16.7. The molecule has 2 heterocycles. The van der Waals surface area contributed by atoms with Crippen LogP contribution >= 0.6 is 0 Å². The van der Waals surface area contributed by atoms with Crippen molar-refractivity contribution in [1.29, 1.82) is 0 Å².